The lowest BCUT2D eigenvalue weighted by Crippen LogP contribution is -2.50. The van der Waals surface area contributed by atoms with Crippen molar-refractivity contribution in [3.05, 3.63) is 30.3 Å². The highest BCUT2D eigenvalue weighted by Gasteiger charge is 2.37. The van der Waals surface area contributed by atoms with Gasteiger partial charge in [-0.3, -0.25) is 19.6 Å². The van der Waals surface area contributed by atoms with Crippen LogP contribution in [0.15, 0.2) is 35.2 Å². The number of nitrogens with zero attached hydrogens (tertiary/aromatic N) is 1. The van der Waals surface area contributed by atoms with E-state index in [4.69, 9.17) is 10.0 Å². The predicted molar refractivity (Wildman–Crippen MR) is 88.7 cm³/mol. The van der Waals surface area contributed by atoms with Crippen molar-refractivity contribution in [3.8, 4) is 0 Å². The molecule has 0 heterocycles. The SMILES string of the molecule is CC(=O)NCC[C@H](C(=O)NO)N(OC(C)C)S(=O)(=O)c1ccccc1. The predicted octanol–water partition coefficient (Wildman–Crippen LogP) is 0.418. The molecule has 140 valence electrons. The molecule has 1 atom stereocenters. The van der Waals surface area contributed by atoms with Crippen LogP contribution in [-0.2, 0) is 24.4 Å². The van der Waals surface area contributed by atoms with Gasteiger partial charge in [-0.25, -0.2) is 13.9 Å². The molecular weight excluding hydrogens is 350 g/mol. The largest absolute Gasteiger partial charge is 0.356 e. The Morgan fingerprint density at radius 3 is 2.32 bits per heavy atom. The summed E-state index contributed by atoms with van der Waals surface area (Å²) in [5, 5.41) is 11.4. The molecule has 1 rings (SSSR count). The molecule has 0 unspecified atom stereocenters. The van der Waals surface area contributed by atoms with E-state index in [1.54, 1.807) is 32.0 Å². The summed E-state index contributed by atoms with van der Waals surface area (Å²) in [6.45, 7) is 4.53. The summed E-state index contributed by atoms with van der Waals surface area (Å²) in [5.41, 5.74) is 1.44. The van der Waals surface area contributed by atoms with Crippen LogP contribution in [0.5, 0.6) is 0 Å². The molecule has 1 aromatic carbocycles. The molecule has 0 saturated carbocycles. The number of nitrogens with one attached hydrogen (secondary N) is 2. The Bertz CT molecular complexity index is 678. The first-order chi connectivity index (χ1) is 11.7. The lowest BCUT2D eigenvalue weighted by atomic mass is 10.2. The Labute approximate surface area is 146 Å². The van der Waals surface area contributed by atoms with Gasteiger partial charge in [0.25, 0.3) is 15.9 Å². The highest BCUT2D eigenvalue weighted by atomic mass is 32.2. The van der Waals surface area contributed by atoms with Crippen LogP contribution >= 0.6 is 0 Å². The van der Waals surface area contributed by atoms with Gasteiger partial charge in [0, 0.05) is 13.5 Å². The Morgan fingerprint density at radius 2 is 1.84 bits per heavy atom. The first-order valence-corrected chi connectivity index (χ1v) is 9.08. The van der Waals surface area contributed by atoms with Gasteiger partial charge in [0.2, 0.25) is 5.91 Å². The molecule has 25 heavy (non-hydrogen) atoms. The van der Waals surface area contributed by atoms with Gasteiger partial charge in [-0.15, -0.1) is 0 Å². The Balaban J connectivity index is 3.22. The van der Waals surface area contributed by atoms with E-state index in [2.05, 4.69) is 5.32 Å². The van der Waals surface area contributed by atoms with E-state index in [9.17, 15) is 18.0 Å². The van der Waals surface area contributed by atoms with Crippen LogP contribution in [0.2, 0.25) is 0 Å². The van der Waals surface area contributed by atoms with Gasteiger partial charge < -0.3 is 5.32 Å². The van der Waals surface area contributed by atoms with Gasteiger partial charge in [-0.05, 0) is 32.4 Å². The van der Waals surface area contributed by atoms with E-state index in [-0.39, 0.29) is 23.8 Å². The van der Waals surface area contributed by atoms with Gasteiger partial charge in [-0.1, -0.05) is 22.7 Å². The second kappa shape index (κ2) is 9.47. The maximum Gasteiger partial charge on any atom is 0.265 e. The number of benzene rings is 1. The molecular formula is C15H23N3O6S. The minimum absolute atomic E-state index is 0.0235. The van der Waals surface area contributed by atoms with E-state index in [1.807, 2.05) is 0 Å². The molecule has 0 radical (unpaired) electrons. The van der Waals surface area contributed by atoms with Crippen LogP contribution in [0.4, 0.5) is 0 Å². The minimum atomic E-state index is -4.17. The van der Waals surface area contributed by atoms with Crippen molar-refractivity contribution in [3.63, 3.8) is 0 Å². The first-order valence-electron chi connectivity index (χ1n) is 7.64. The van der Waals surface area contributed by atoms with E-state index in [0.717, 1.165) is 0 Å². The van der Waals surface area contributed by atoms with E-state index in [0.29, 0.717) is 4.47 Å². The van der Waals surface area contributed by atoms with E-state index >= 15 is 0 Å². The topological polar surface area (TPSA) is 125 Å². The van der Waals surface area contributed by atoms with Gasteiger partial charge >= 0.3 is 0 Å². The molecule has 0 aromatic heterocycles. The quantitative estimate of drug-likeness (QED) is 0.425. The fourth-order valence-electron chi connectivity index (χ4n) is 1.99. The highest BCUT2D eigenvalue weighted by molar-refractivity contribution is 7.89. The van der Waals surface area contributed by atoms with Gasteiger partial charge in [-0.2, -0.15) is 0 Å². The number of hydrogen-bond donors (Lipinski definition) is 3. The van der Waals surface area contributed by atoms with Crippen LogP contribution in [0.1, 0.15) is 27.2 Å². The zero-order chi connectivity index (χ0) is 19.0. The molecule has 0 aliphatic rings. The maximum absolute atomic E-state index is 12.9. The van der Waals surface area contributed by atoms with Crippen molar-refractivity contribution in [2.75, 3.05) is 6.54 Å². The fourth-order valence-corrected chi connectivity index (χ4v) is 3.52. The van der Waals surface area contributed by atoms with Gasteiger partial charge in [0.1, 0.15) is 6.04 Å². The van der Waals surface area contributed by atoms with Crippen LogP contribution in [-0.4, -0.2) is 48.6 Å². The average molecular weight is 373 g/mol. The minimum Gasteiger partial charge on any atom is -0.356 e. The highest BCUT2D eigenvalue weighted by Crippen LogP contribution is 2.21. The molecule has 2 amide bonds. The van der Waals surface area contributed by atoms with Gasteiger partial charge in [0.05, 0.1) is 11.0 Å². The zero-order valence-electron chi connectivity index (χ0n) is 14.3. The van der Waals surface area contributed by atoms with Crippen molar-refractivity contribution in [1.29, 1.82) is 0 Å². The second-order valence-electron chi connectivity index (χ2n) is 5.49. The summed E-state index contributed by atoms with van der Waals surface area (Å²) in [7, 11) is -4.17. The molecule has 0 fully saturated rings. The molecule has 0 bridgehead atoms. The van der Waals surface area contributed by atoms with Crippen molar-refractivity contribution in [2.24, 2.45) is 0 Å². The van der Waals surface area contributed by atoms with E-state index < -0.39 is 28.1 Å². The third-order valence-corrected chi connectivity index (χ3v) is 4.73. The number of amides is 2. The first kappa shape index (κ1) is 21.0. The summed E-state index contributed by atoms with van der Waals surface area (Å²) >= 11 is 0. The monoisotopic (exact) mass is 373 g/mol. The normalized spacial score (nSPS) is 12.9. The molecule has 1 aromatic rings. The number of sulfonamides is 1. The Hall–Kier alpha value is -2.01. The molecule has 0 aliphatic carbocycles. The van der Waals surface area contributed by atoms with Crippen molar-refractivity contribution in [1.82, 2.24) is 15.3 Å². The van der Waals surface area contributed by atoms with Crippen LogP contribution < -0.4 is 10.8 Å². The number of carbonyl (C=O) groups excluding carboxylic acids is 2. The summed E-state index contributed by atoms with van der Waals surface area (Å²) in [6.07, 6.45) is -0.640. The number of rotatable bonds is 9. The third-order valence-electron chi connectivity index (χ3n) is 3.05. The average Bonchev–Trinajstić information content (AvgIpc) is 2.56. The molecule has 0 saturated heterocycles. The molecule has 0 aliphatic heterocycles. The van der Waals surface area contributed by atoms with Crippen molar-refractivity contribution < 1.29 is 28.1 Å². The third kappa shape index (κ3) is 6.09. The maximum atomic E-state index is 12.9. The zero-order valence-corrected chi connectivity index (χ0v) is 15.1. The van der Waals surface area contributed by atoms with Crippen molar-refractivity contribution >= 4 is 21.8 Å². The van der Waals surface area contributed by atoms with Crippen LogP contribution in [0.25, 0.3) is 0 Å². The molecule has 3 N–H and O–H groups in total. The number of carbonyl (C=O) groups is 2. The fraction of sp³-hybridized carbons (Fsp3) is 0.467. The lowest BCUT2D eigenvalue weighted by molar-refractivity contribution is -0.166. The summed E-state index contributed by atoms with van der Waals surface area (Å²) in [4.78, 5) is 28.3. The van der Waals surface area contributed by atoms with E-state index in [1.165, 1.54) is 24.5 Å². The standard InChI is InChI=1S/C15H23N3O6S/c1-11(2)24-18(25(22,23)13-7-5-4-6-8-13)14(15(20)17-21)9-10-16-12(3)19/h4-8,11,14,21H,9-10H2,1-3H3,(H,16,19)(H,17,20)/t14-/m1/s1. The lowest BCUT2D eigenvalue weighted by Gasteiger charge is -2.29. The van der Waals surface area contributed by atoms with Gasteiger partial charge in [0.15, 0.2) is 0 Å². The smallest absolute Gasteiger partial charge is 0.265 e. The molecule has 10 heteroatoms. The summed E-state index contributed by atoms with van der Waals surface area (Å²) < 4.78 is 26.3. The number of hydroxylamine groups is 2. The Kier molecular flexibility index (Phi) is 7.97. The number of hydrogen-bond acceptors (Lipinski definition) is 6. The Morgan fingerprint density at radius 1 is 1.24 bits per heavy atom. The summed E-state index contributed by atoms with van der Waals surface area (Å²) in [5.74, 6) is -1.30. The molecule has 0 spiro atoms. The van der Waals surface area contributed by atoms with Crippen LogP contribution in [0, 0.1) is 0 Å². The molecule has 9 nitrogen and oxygen atoms in total. The van der Waals surface area contributed by atoms with Crippen LogP contribution in [0.3, 0.4) is 0 Å². The summed E-state index contributed by atoms with van der Waals surface area (Å²) in [6, 6.07) is 6.10. The second-order valence-corrected chi connectivity index (χ2v) is 7.27. The van der Waals surface area contributed by atoms with Crippen molar-refractivity contribution in [2.45, 2.75) is 44.2 Å².